The first-order valence-corrected chi connectivity index (χ1v) is 9.48. The maximum absolute atomic E-state index is 13.4. The third kappa shape index (κ3) is 4.65. The Kier molecular flexibility index (Phi) is 6.69. The topological polar surface area (TPSA) is 107 Å². The van der Waals surface area contributed by atoms with Gasteiger partial charge in [-0.15, -0.1) is 0 Å². The first-order chi connectivity index (χ1) is 11.6. The van der Waals surface area contributed by atoms with E-state index in [-0.39, 0.29) is 24.0 Å². The Morgan fingerprint density at radius 1 is 1.12 bits per heavy atom. The van der Waals surface area contributed by atoms with Crippen molar-refractivity contribution in [2.75, 3.05) is 6.54 Å². The van der Waals surface area contributed by atoms with E-state index in [0.717, 1.165) is 11.8 Å². The van der Waals surface area contributed by atoms with Crippen LogP contribution in [-0.2, 0) is 23.9 Å². The zero-order valence-corrected chi connectivity index (χ0v) is 17.5. The number of Topliss-reactive ketones (excluding diaryl/α,β-unsaturated/α-hetero) is 1. The fraction of sp³-hybridized carbons (Fsp3) is 0.778. The summed E-state index contributed by atoms with van der Waals surface area (Å²) >= 11 is 0.945. The number of carbonyl (C=O) groups is 4. The molecule has 0 radical (unpaired) electrons. The number of hydrogen-bond acceptors (Lipinski definition) is 7. The van der Waals surface area contributed by atoms with Crippen molar-refractivity contribution in [1.29, 1.82) is 0 Å². The molecule has 1 aliphatic heterocycles. The summed E-state index contributed by atoms with van der Waals surface area (Å²) in [5.41, 5.74) is 3.64. The lowest BCUT2D eigenvalue weighted by Gasteiger charge is -2.40. The summed E-state index contributed by atoms with van der Waals surface area (Å²) in [7, 11) is 0. The summed E-state index contributed by atoms with van der Waals surface area (Å²) in [5.74, 6) is -1.73. The molecular weight excluding hydrogens is 356 g/mol. The Hall–Kier alpha value is -1.41. The highest BCUT2D eigenvalue weighted by molar-refractivity contribution is 8.14. The van der Waals surface area contributed by atoms with Crippen LogP contribution in [0, 0.1) is 0 Å². The van der Waals surface area contributed by atoms with Crippen molar-refractivity contribution in [2.45, 2.75) is 83.2 Å². The van der Waals surface area contributed by atoms with Crippen LogP contribution in [0.5, 0.6) is 0 Å². The van der Waals surface area contributed by atoms with E-state index in [1.54, 1.807) is 34.6 Å². The summed E-state index contributed by atoms with van der Waals surface area (Å²) in [6, 6.07) is -1.12. The molecule has 0 aromatic carbocycles. The highest BCUT2D eigenvalue weighted by Gasteiger charge is 2.59. The Morgan fingerprint density at radius 2 is 1.65 bits per heavy atom. The Balaban J connectivity index is 3.37. The standard InChI is InChI=1S/C18H30N2O5S/c1-11(21)20-10-8-9-18(20,15(24)25-16(3,4)5)14(23)13(19)17(6,7)26-12(2)22/h13H,8-10,19H2,1-7H3/t13?,18-/m1/s1. The number of likely N-dealkylation sites (tertiary alicyclic amines) is 1. The number of nitrogens with two attached hydrogens (primary N) is 1. The Morgan fingerprint density at radius 3 is 2.08 bits per heavy atom. The van der Waals surface area contributed by atoms with E-state index >= 15 is 0 Å². The summed E-state index contributed by atoms with van der Waals surface area (Å²) in [6.45, 7) is 11.5. The van der Waals surface area contributed by atoms with E-state index in [9.17, 15) is 19.2 Å². The SMILES string of the molecule is CC(=O)SC(C)(C)C(N)C(=O)[C@@]1(C(=O)OC(C)(C)C)CCCN1C(C)=O. The fourth-order valence-electron chi connectivity index (χ4n) is 3.18. The number of hydrogen-bond donors (Lipinski definition) is 1. The van der Waals surface area contributed by atoms with Gasteiger partial charge in [0.25, 0.3) is 0 Å². The smallest absolute Gasteiger partial charge is 0.340 e. The van der Waals surface area contributed by atoms with Crippen molar-refractivity contribution in [3.05, 3.63) is 0 Å². The van der Waals surface area contributed by atoms with Crippen LogP contribution in [0.15, 0.2) is 0 Å². The molecule has 1 fully saturated rings. The van der Waals surface area contributed by atoms with Crippen LogP contribution in [0.2, 0.25) is 0 Å². The molecule has 1 unspecified atom stereocenters. The average molecular weight is 387 g/mol. The fourth-order valence-corrected chi connectivity index (χ4v) is 4.16. The van der Waals surface area contributed by atoms with Crippen molar-refractivity contribution < 1.29 is 23.9 Å². The van der Waals surface area contributed by atoms with Gasteiger partial charge in [-0.2, -0.15) is 0 Å². The zero-order chi connectivity index (χ0) is 20.5. The van der Waals surface area contributed by atoms with Crippen LogP contribution < -0.4 is 5.73 Å². The van der Waals surface area contributed by atoms with Crippen molar-refractivity contribution in [3.8, 4) is 0 Å². The van der Waals surface area contributed by atoms with Crippen LogP contribution in [0.1, 0.15) is 61.3 Å². The predicted molar refractivity (Wildman–Crippen MR) is 101 cm³/mol. The van der Waals surface area contributed by atoms with Crippen LogP contribution >= 0.6 is 11.8 Å². The molecule has 148 valence electrons. The van der Waals surface area contributed by atoms with E-state index in [1.165, 1.54) is 18.7 Å². The quantitative estimate of drug-likeness (QED) is 0.565. The summed E-state index contributed by atoms with van der Waals surface area (Å²) in [5, 5.41) is -0.181. The first-order valence-electron chi connectivity index (χ1n) is 8.66. The molecule has 0 aliphatic carbocycles. The second-order valence-corrected chi connectivity index (χ2v) is 10.0. The van der Waals surface area contributed by atoms with Crippen LogP contribution in [0.3, 0.4) is 0 Å². The number of carbonyl (C=O) groups excluding carboxylic acids is 4. The minimum absolute atomic E-state index is 0.162. The highest BCUT2D eigenvalue weighted by atomic mass is 32.2. The van der Waals surface area contributed by atoms with Crippen LogP contribution in [0.25, 0.3) is 0 Å². The van der Waals surface area contributed by atoms with E-state index < -0.39 is 33.7 Å². The summed E-state index contributed by atoms with van der Waals surface area (Å²) in [6.07, 6.45) is 0.659. The lowest BCUT2D eigenvalue weighted by atomic mass is 9.82. The molecule has 7 nitrogen and oxygen atoms in total. The zero-order valence-electron chi connectivity index (χ0n) is 16.7. The second-order valence-electron chi connectivity index (χ2n) is 8.18. The minimum atomic E-state index is -1.74. The molecular formula is C18H30N2O5S. The molecule has 1 saturated heterocycles. The van der Waals surface area contributed by atoms with Gasteiger partial charge in [-0.05, 0) is 47.5 Å². The number of rotatable bonds is 5. The molecule has 0 aromatic rings. The van der Waals surface area contributed by atoms with Crippen molar-refractivity contribution >= 4 is 34.5 Å². The molecule has 2 atom stereocenters. The molecule has 0 aromatic heterocycles. The summed E-state index contributed by atoms with van der Waals surface area (Å²) in [4.78, 5) is 51.4. The summed E-state index contributed by atoms with van der Waals surface area (Å²) < 4.78 is 4.56. The maximum atomic E-state index is 13.4. The Labute approximate surface area is 159 Å². The van der Waals surface area contributed by atoms with Gasteiger partial charge in [-0.1, -0.05) is 11.8 Å². The average Bonchev–Trinajstić information content (AvgIpc) is 2.88. The van der Waals surface area contributed by atoms with Crippen molar-refractivity contribution in [3.63, 3.8) is 0 Å². The lowest BCUT2D eigenvalue weighted by Crippen LogP contribution is -2.66. The number of esters is 1. The molecule has 1 amide bonds. The van der Waals surface area contributed by atoms with Gasteiger partial charge in [0.05, 0.1) is 6.04 Å². The normalized spacial score (nSPS) is 22.1. The lowest BCUT2D eigenvalue weighted by molar-refractivity contribution is -0.174. The molecule has 0 bridgehead atoms. The van der Waals surface area contributed by atoms with Gasteiger partial charge >= 0.3 is 5.97 Å². The van der Waals surface area contributed by atoms with Crippen LogP contribution in [0.4, 0.5) is 0 Å². The first kappa shape index (κ1) is 22.6. The number of ketones is 1. The molecule has 0 saturated carbocycles. The van der Waals surface area contributed by atoms with Gasteiger partial charge in [-0.3, -0.25) is 14.4 Å². The largest absolute Gasteiger partial charge is 0.458 e. The maximum Gasteiger partial charge on any atom is 0.340 e. The molecule has 1 heterocycles. The van der Waals surface area contributed by atoms with E-state index in [1.807, 2.05) is 0 Å². The minimum Gasteiger partial charge on any atom is -0.458 e. The monoisotopic (exact) mass is 386 g/mol. The molecule has 26 heavy (non-hydrogen) atoms. The van der Waals surface area contributed by atoms with E-state index in [0.29, 0.717) is 6.42 Å². The van der Waals surface area contributed by atoms with Gasteiger partial charge in [0, 0.05) is 25.1 Å². The predicted octanol–water partition coefficient (Wildman–Crippen LogP) is 1.66. The highest BCUT2D eigenvalue weighted by Crippen LogP contribution is 2.38. The van der Waals surface area contributed by atoms with Gasteiger partial charge in [0.2, 0.25) is 11.4 Å². The number of amides is 1. The Bertz CT molecular complexity index is 611. The number of ether oxygens (including phenoxy) is 1. The van der Waals surface area contributed by atoms with Crippen LogP contribution in [-0.4, -0.2) is 56.1 Å². The molecule has 0 spiro atoms. The number of thioether (sulfide) groups is 1. The van der Waals surface area contributed by atoms with E-state index in [4.69, 9.17) is 10.5 Å². The van der Waals surface area contributed by atoms with Gasteiger partial charge in [0.15, 0.2) is 10.9 Å². The van der Waals surface area contributed by atoms with Gasteiger partial charge in [-0.25, -0.2) is 4.79 Å². The number of nitrogens with zero attached hydrogens (tertiary/aromatic N) is 1. The third-order valence-electron chi connectivity index (χ3n) is 4.34. The molecule has 1 aliphatic rings. The third-order valence-corrected chi connectivity index (χ3v) is 5.41. The molecule has 1 rings (SSSR count). The van der Waals surface area contributed by atoms with E-state index in [2.05, 4.69) is 0 Å². The second kappa shape index (κ2) is 7.68. The molecule has 2 N–H and O–H groups in total. The van der Waals surface area contributed by atoms with Crippen molar-refractivity contribution in [1.82, 2.24) is 4.90 Å². The molecule has 8 heteroatoms. The van der Waals surface area contributed by atoms with Gasteiger partial charge < -0.3 is 15.4 Å². The van der Waals surface area contributed by atoms with Gasteiger partial charge in [0.1, 0.15) is 5.60 Å². The van der Waals surface area contributed by atoms with Crippen molar-refractivity contribution in [2.24, 2.45) is 5.73 Å².